The zero-order valence-electron chi connectivity index (χ0n) is 12.5. The van der Waals surface area contributed by atoms with Crippen molar-refractivity contribution in [1.29, 1.82) is 0 Å². The number of carbonyl (C=O) groups is 1. The average molecular weight is 303 g/mol. The van der Waals surface area contributed by atoms with Crippen molar-refractivity contribution in [2.24, 2.45) is 11.8 Å². The van der Waals surface area contributed by atoms with Crippen molar-refractivity contribution < 1.29 is 30.0 Å². The summed E-state index contributed by atoms with van der Waals surface area (Å²) in [5, 5.41) is 39.0. The average Bonchev–Trinajstić information content (AvgIpc) is 2.82. The first-order valence-corrected chi connectivity index (χ1v) is 7.41. The van der Waals surface area contributed by atoms with Gasteiger partial charge in [0.1, 0.15) is 18.3 Å². The van der Waals surface area contributed by atoms with Crippen molar-refractivity contribution in [3.05, 3.63) is 0 Å². The molecule has 0 aromatic rings. The standard InChI is InChI=1S/C14H25NO6/c1-8(2)3-9-4-11(17)15(5-9)7-14(20)13(19)12(18)10(6-16)21-14/h8-10,12-13,16,18-20H,3-7H2,1-2H3/t9-,10+,12+,13-,14?/m0/s1. The van der Waals surface area contributed by atoms with Gasteiger partial charge in [0.25, 0.3) is 0 Å². The maximum Gasteiger partial charge on any atom is 0.223 e. The van der Waals surface area contributed by atoms with Crippen LogP contribution in [0.5, 0.6) is 0 Å². The molecule has 2 heterocycles. The third kappa shape index (κ3) is 3.37. The zero-order chi connectivity index (χ0) is 15.8. The van der Waals surface area contributed by atoms with Crippen molar-refractivity contribution >= 4 is 5.91 Å². The van der Waals surface area contributed by atoms with Gasteiger partial charge < -0.3 is 30.1 Å². The van der Waals surface area contributed by atoms with E-state index in [0.717, 1.165) is 6.42 Å². The number of aliphatic hydroxyl groups is 4. The number of hydrogen-bond donors (Lipinski definition) is 4. The third-order valence-electron chi connectivity index (χ3n) is 4.22. The SMILES string of the molecule is CC(C)C[C@H]1CC(=O)N(CC2(O)O[C@H](CO)[C@@H](O)[C@@H]2O)C1. The Balaban J connectivity index is 1.99. The van der Waals surface area contributed by atoms with Crippen LogP contribution in [0.1, 0.15) is 26.7 Å². The van der Waals surface area contributed by atoms with Crippen LogP contribution in [-0.2, 0) is 9.53 Å². The summed E-state index contributed by atoms with van der Waals surface area (Å²) in [5.41, 5.74) is 0. The Hall–Kier alpha value is -0.730. The van der Waals surface area contributed by atoms with Gasteiger partial charge in [-0.1, -0.05) is 13.8 Å². The maximum absolute atomic E-state index is 12.0. The minimum absolute atomic E-state index is 0.0909. The quantitative estimate of drug-likeness (QED) is 0.501. The molecule has 7 heteroatoms. The molecule has 0 aromatic carbocycles. The lowest BCUT2D eigenvalue weighted by Gasteiger charge is -2.31. The molecular formula is C14H25NO6. The molecule has 2 fully saturated rings. The molecule has 122 valence electrons. The smallest absolute Gasteiger partial charge is 0.223 e. The van der Waals surface area contributed by atoms with Crippen LogP contribution in [0.15, 0.2) is 0 Å². The molecule has 0 saturated carbocycles. The van der Waals surface area contributed by atoms with Gasteiger partial charge in [-0.15, -0.1) is 0 Å². The number of ether oxygens (including phenoxy) is 1. The molecule has 2 aliphatic heterocycles. The van der Waals surface area contributed by atoms with Gasteiger partial charge in [-0.05, 0) is 18.3 Å². The van der Waals surface area contributed by atoms with Crippen molar-refractivity contribution in [3.63, 3.8) is 0 Å². The van der Waals surface area contributed by atoms with Gasteiger partial charge in [-0.3, -0.25) is 4.79 Å². The number of aliphatic hydroxyl groups excluding tert-OH is 3. The number of amides is 1. The zero-order valence-corrected chi connectivity index (χ0v) is 12.5. The van der Waals surface area contributed by atoms with E-state index in [4.69, 9.17) is 9.84 Å². The molecule has 2 aliphatic rings. The summed E-state index contributed by atoms with van der Waals surface area (Å²) in [7, 11) is 0. The van der Waals surface area contributed by atoms with E-state index < -0.39 is 30.7 Å². The molecule has 2 rings (SSSR count). The molecule has 21 heavy (non-hydrogen) atoms. The number of rotatable bonds is 5. The topological polar surface area (TPSA) is 110 Å². The van der Waals surface area contributed by atoms with Crippen LogP contribution in [0.2, 0.25) is 0 Å². The summed E-state index contributed by atoms with van der Waals surface area (Å²) in [4.78, 5) is 13.5. The summed E-state index contributed by atoms with van der Waals surface area (Å²) < 4.78 is 5.16. The van der Waals surface area contributed by atoms with Gasteiger partial charge in [0.2, 0.25) is 11.7 Å². The Morgan fingerprint density at radius 3 is 2.62 bits per heavy atom. The molecule has 2 saturated heterocycles. The second kappa shape index (κ2) is 6.18. The van der Waals surface area contributed by atoms with E-state index in [-0.39, 0.29) is 18.4 Å². The van der Waals surface area contributed by atoms with Gasteiger partial charge in [0.15, 0.2) is 0 Å². The van der Waals surface area contributed by atoms with E-state index in [1.807, 2.05) is 0 Å². The van der Waals surface area contributed by atoms with E-state index in [0.29, 0.717) is 18.9 Å². The van der Waals surface area contributed by atoms with Gasteiger partial charge in [-0.2, -0.15) is 0 Å². The highest BCUT2D eigenvalue weighted by Crippen LogP contribution is 2.32. The second-order valence-electron chi connectivity index (χ2n) is 6.59. The molecule has 0 radical (unpaired) electrons. The van der Waals surface area contributed by atoms with Crippen molar-refractivity contribution in [1.82, 2.24) is 4.90 Å². The van der Waals surface area contributed by atoms with Crippen molar-refractivity contribution in [2.45, 2.75) is 50.8 Å². The monoisotopic (exact) mass is 303 g/mol. The largest absolute Gasteiger partial charge is 0.394 e. The summed E-state index contributed by atoms with van der Waals surface area (Å²) >= 11 is 0. The lowest BCUT2D eigenvalue weighted by molar-refractivity contribution is -0.237. The van der Waals surface area contributed by atoms with E-state index >= 15 is 0 Å². The molecule has 0 spiro atoms. The molecule has 5 atom stereocenters. The van der Waals surface area contributed by atoms with E-state index in [2.05, 4.69) is 13.8 Å². The van der Waals surface area contributed by atoms with Gasteiger partial charge in [-0.25, -0.2) is 0 Å². The Morgan fingerprint density at radius 1 is 1.43 bits per heavy atom. The molecule has 4 N–H and O–H groups in total. The van der Waals surface area contributed by atoms with Crippen molar-refractivity contribution in [2.75, 3.05) is 19.7 Å². The lowest BCUT2D eigenvalue weighted by atomic mass is 9.96. The van der Waals surface area contributed by atoms with Crippen LogP contribution in [0.3, 0.4) is 0 Å². The van der Waals surface area contributed by atoms with Gasteiger partial charge in [0.05, 0.1) is 13.2 Å². The number of hydrogen-bond acceptors (Lipinski definition) is 6. The number of likely N-dealkylation sites (tertiary alicyclic amines) is 1. The Morgan fingerprint density at radius 2 is 2.10 bits per heavy atom. The summed E-state index contributed by atoms with van der Waals surface area (Å²) in [6, 6.07) is 0. The van der Waals surface area contributed by atoms with Gasteiger partial charge >= 0.3 is 0 Å². The normalized spacial score (nSPS) is 40.5. The second-order valence-corrected chi connectivity index (χ2v) is 6.59. The van der Waals surface area contributed by atoms with Crippen LogP contribution >= 0.6 is 0 Å². The molecule has 0 bridgehead atoms. The summed E-state index contributed by atoms with van der Waals surface area (Å²) in [6.45, 7) is 3.98. The molecule has 1 amide bonds. The number of nitrogens with zero attached hydrogens (tertiary/aromatic N) is 1. The number of carbonyl (C=O) groups excluding carboxylic acids is 1. The van der Waals surface area contributed by atoms with Crippen molar-refractivity contribution in [3.8, 4) is 0 Å². The number of β-amino-alcohol motifs (C(OH)–C–C–N with tert-alkyl or cyclic N) is 1. The van der Waals surface area contributed by atoms with Crippen LogP contribution in [0.4, 0.5) is 0 Å². The molecule has 7 nitrogen and oxygen atoms in total. The first kappa shape index (κ1) is 16.6. The van der Waals surface area contributed by atoms with E-state index in [1.165, 1.54) is 4.90 Å². The summed E-state index contributed by atoms with van der Waals surface area (Å²) in [6.07, 6.45) is -2.62. The minimum Gasteiger partial charge on any atom is -0.394 e. The first-order chi connectivity index (χ1) is 9.76. The fourth-order valence-corrected chi connectivity index (χ4v) is 3.25. The van der Waals surface area contributed by atoms with Crippen LogP contribution < -0.4 is 0 Å². The molecular weight excluding hydrogens is 278 g/mol. The highest BCUT2D eigenvalue weighted by atomic mass is 16.7. The van der Waals surface area contributed by atoms with Crippen LogP contribution in [0, 0.1) is 11.8 Å². The summed E-state index contributed by atoms with van der Waals surface area (Å²) in [5.74, 6) is -1.40. The van der Waals surface area contributed by atoms with E-state index in [9.17, 15) is 20.1 Å². The first-order valence-electron chi connectivity index (χ1n) is 7.41. The van der Waals surface area contributed by atoms with Gasteiger partial charge in [0, 0.05) is 13.0 Å². The van der Waals surface area contributed by atoms with Crippen LogP contribution in [0.25, 0.3) is 0 Å². The highest BCUT2D eigenvalue weighted by Gasteiger charge is 2.54. The third-order valence-corrected chi connectivity index (χ3v) is 4.22. The Bertz CT molecular complexity index is 390. The minimum atomic E-state index is -2.03. The molecule has 0 aromatic heterocycles. The fraction of sp³-hybridized carbons (Fsp3) is 0.929. The predicted molar refractivity (Wildman–Crippen MR) is 73.1 cm³/mol. The maximum atomic E-state index is 12.0. The Labute approximate surface area is 124 Å². The fourth-order valence-electron chi connectivity index (χ4n) is 3.25. The molecule has 1 unspecified atom stereocenters. The molecule has 0 aliphatic carbocycles. The van der Waals surface area contributed by atoms with Crippen LogP contribution in [-0.4, -0.2) is 75.0 Å². The van der Waals surface area contributed by atoms with E-state index in [1.54, 1.807) is 0 Å². The Kier molecular flexibility index (Phi) is 4.89. The highest BCUT2D eigenvalue weighted by molar-refractivity contribution is 5.78. The predicted octanol–water partition coefficient (Wildman–Crippen LogP) is -1.32. The lowest BCUT2D eigenvalue weighted by Crippen LogP contribution is -2.52.